The molecule has 14 heteroatoms. The van der Waals surface area contributed by atoms with Crippen molar-refractivity contribution in [3.8, 4) is 0 Å². The summed E-state index contributed by atoms with van der Waals surface area (Å²) in [5, 5.41) is 98.7. The number of hydrogen-bond donors (Lipinski definition) is 9. The van der Waals surface area contributed by atoms with Crippen LogP contribution >= 0.6 is 0 Å². The maximum Gasteiger partial charge on any atom is 0.187 e. The van der Waals surface area contributed by atoms with Crippen LogP contribution in [0.25, 0.3) is 0 Å². The zero-order valence-corrected chi connectivity index (χ0v) is 32.8. The van der Waals surface area contributed by atoms with E-state index in [2.05, 4.69) is 34.6 Å². The number of fused-ring (bicyclic) bond motifs is 5. The molecule has 9 N–H and O–H groups in total. The summed E-state index contributed by atoms with van der Waals surface area (Å²) >= 11 is 0. The van der Waals surface area contributed by atoms with Crippen molar-refractivity contribution in [3.63, 3.8) is 0 Å². The molecule has 6 aliphatic rings. The third-order valence-corrected chi connectivity index (χ3v) is 15.1. The predicted octanol–water partition coefficient (Wildman–Crippen LogP) is 0.605. The van der Waals surface area contributed by atoms with Gasteiger partial charge in [0.15, 0.2) is 12.6 Å². The maximum absolute atomic E-state index is 12.8. The highest BCUT2D eigenvalue weighted by Gasteiger charge is 2.72. The molecular weight excluding hydrogens is 704 g/mol. The van der Waals surface area contributed by atoms with Gasteiger partial charge in [-0.2, -0.15) is 0 Å². The van der Waals surface area contributed by atoms with Crippen LogP contribution in [0.15, 0.2) is 11.6 Å². The van der Waals surface area contributed by atoms with Crippen molar-refractivity contribution in [3.05, 3.63) is 11.6 Å². The number of ether oxygens (including phenoxy) is 5. The standard InChI is InChI=1S/C40H68O14/c1-19(2)21(11-14-51-36-33(48)29(44)25(42)17-52-36)8-7-20(3)28-31(46)32(47)35-39(28,5)13-10-27-38(4)12-9-22(15-23(38)24(41)16-40(27,35)49)54-37-34(50-6)30(45)26(43)18-53-37/h15,19-22,24-37,41-49H,7-14,16-18H2,1-6H3/t20?,21-,22+,24-,25-,26-,27?,28+,29?,30?,31-,32?,33?,34?,35?,36-,37+,38+,39-,40+/m1/s1. The molecule has 20 atom stereocenters. The summed E-state index contributed by atoms with van der Waals surface area (Å²) in [7, 11) is 1.42. The molecule has 0 aromatic carbocycles. The van der Waals surface area contributed by atoms with E-state index >= 15 is 0 Å². The first-order valence-electron chi connectivity index (χ1n) is 20.3. The van der Waals surface area contributed by atoms with Crippen LogP contribution in [-0.4, -0.2) is 152 Å². The Kier molecular flexibility index (Phi) is 13.0. The summed E-state index contributed by atoms with van der Waals surface area (Å²) in [6, 6.07) is 0. The van der Waals surface area contributed by atoms with E-state index in [0.29, 0.717) is 44.6 Å². The van der Waals surface area contributed by atoms with Gasteiger partial charge in [-0.3, -0.25) is 0 Å². The summed E-state index contributed by atoms with van der Waals surface area (Å²) in [4.78, 5) is 0. The van der Waals surface area contributed by atoms with Gasteiger partial charge in [-0.1, -0.05) is 47.1 Å². The molecule has 0 spiro atoms. The average Bonchev–Trinajstić information content (AvgIpc) is 3.32. The van der Waals surface area contributed by atoms with Gasteiger partial charge in [0, 0.05) is 19.4 Å². The number of aliphatic hydroxyl groups is 9. The van der Waals surface area contributed by atoms with Crippen LogP contribution in [0.3, 0.4) is 0 Å². The largest absolute Gasteiger partial charge is 0.390 e. The lowest BCUT2D eigenvalue weighted by atomic mass is 9.43. The van der Waals surface area contributed by atoms with Crippen LogP contribution in [0.1, 0.15) is 86.0 Å². The Morgan fingerprint density at radius 2 is 1.46 bits per heavy atom. The molecule has 0 bridgehead atoms. The van der Waals surface area contributed by atoms with E-state index in [9.17, 15) is 46.0 Å². The van der Waals surface area contributed by atoms with Gasteiger partial charge in [0.1, 0.15) is 36.6 Å². The minimum atomic E-state index is -1.41. The first-order chi connectivity index (χ1) is 25.4. The molecule has 3 saturated carbocycles. The monoisotopic (exact) mass is 772 g/mol. The smallest absolute Gasteiger partial charge is 0.187 e. The molecule has 0 radical (unpaired) electrons. The lowest BCUT2D eigenvalue weighted by Gasteiger charge is -2.64. The molecule has 4 aliphatic carbocycles. The summed E-state index contributed by atoms with van der Waals surface area (Å²) in [6.07, 6.45) is -5.63. The Bertz CT molecular complexity index is 1300. The van der Waals surface area contributed by atoms with E-state index in [-0.39, 0.29) is 43.3 Å². The molecule has 6 rings (SSSR count). The van der Waals surface area contributed by atoms with E-state index in [4.69, 9.17) is 23.7 Å². The molecule has 54 heavy (non-hydrogen) atoms. The molecule has 312 valence electrons. The summed E-state index contributed by atoms with van der Waals surface area (Å²) in [5.74, 6) is -0.552. The quantitative estimate of drug-likeness (QED) is 0.124. The van der Waals surface area contributed by atoms with Crippen molar-refractivity contribution < 1.29 is 69.6 Å². The third kappa shape index (κ3) is 7.49. The van der Waals surface area contributed by atoms with Gasteiger partial charge in [0.25, 0.3) is 0 Å². The third-order valence-electron chi connectivity index (χ3n) is 15.1. The van der Waals surface area contributed by atoms with Crippen molar-refractivity contribution in [2.45, 2.75) is 165 Å². The Hall–Kier alpha value is -0.820. The minimum absolute atomic E-state index is 0.0248. The van der Waals surface area contributed by atoms with Gasteiger partial charge in [0.2, 0.25) is 0 Å². The number of hydrogen-bond acceptors (Lipinski definition) is 14. The minimum Gasteiger partial charge on any atom is -0.390 e. The van der Waals surface area contributed by atoms with Crippen molar-refractivity contribution >= 4 is 0 Å². The van der Waals surface area contributed by atoms with Crippen LogP contribution in [-0.2, 0) is 23.7 Å². The topological polar surface area (TPSA) is 228 Å². The Labute approximate surface area is 319 Å². The highest BCUT2D eigenvalue weighted by atomic mass is 16.7. The lowest BCUT2D eigenvalue weighted by Crippen LogP contribution is -2.66. The van der Waals surface area contributed by atoms with Gasteiger partial charge >= 0.3 is 0 Å². The Morgan fingerprint density at radius 1 is 0.796 bits per heavy atom. The second-order valence-corrected chi connectivity index (χ2v) is 18.5. The van der Waals surface area contributed by atoms with Crippen LogP contribution < -0.4 is 0 Å². The number of methoxy groups -OCH3 is 1. The van der Waals surface area contributed by atoms with Gasteiger partial charge < -0.3 is 69.6 Å². The van der Waals surface area contributed by atoms with Crippen molar-refractivity contribution in [2.24, 2.45) is 46.3 Å². The Morgan fingerprint density at radius 3 is 2.13 bits per heavy atom. The maximum atomic E-state index is 12.8. The fraction of sp³-hybridized carbons (Fsp3) is 0.950. The van der Waals surface area contributed by atoms with Gasteiger partial charge in [0.05, 0.1) is 49.8 Å². The highest BCUT2D eigenvalue weighted by Crippen LogP contribution is 2.69. The molecule has 14 nitrogen and oxygen atoms in total. The molecule has 0 aromatic rings. The highest BCUT2D eigenvalue weighted by molar-refractivity contribution is 5.33. The van der Waals surface area contributed by atoms with Gasteiger partial charge in [-0.15, -0.1) is 0 Å². The second kappa shape index (κ2) is 16.4. The molecule has 2 aliphatic heterocycles. The van der Waals surface area contributed by atoms with Gasteiger partial charge in [-0.05, 0) is 84.5 Å². The molecule has 8 unspecified atom stereocenters. The molecule has 2 saturated heterocycles. The first-order valence-corrected chi connectivity index (χ1v) is 20.3. The summed E-state index contributed by atoms with van der Waals surface area (Å²) in [6.45, 7) is 10.7. The van der Waals surface area contributed by atoms with Crippen LogP contribution in [0.4, 0.5) is 0 Å². The van der Waals surface area contributed by atoms with Gasteiger partial charge in [-0.25, -0.2) is 0 Å². The van der Waals surface area contributed by atoms with E-state index in [1.807, 2.05) is 6.08 Å². The van der Waals surface area contributed by atoms with Crippen molar-refractivity contribution in [1.82, 2.24) is 0 Å². The van der Waals surface area contributed by atoms with Crippen LogP contribution in [0.5, 0.6) is 0 Å². The van der Waals surface area contributed by atoms with E-state index in [1.165, 1.54) is 7.11 Å². The first kappa shape index (κ1) is 42.8. The number of aliphatic hydroxyl groups excluding tert-OH is 8. The fourth-order valence-electron chi connectivity index (χ4n) is 12.1. The lowest BCUT2D eigenvalue weighted by molar-refractivity contribution is -0.285. The normalized spacial score (nSPS) is 50.5. The molecule has 2 heterocycles. The average molecular weight is 773 g/mol. The Balaban J connectivity index is 1.12. The SMILES string of the molecule is COC1C(O)[C@H](O)CO[C@H]1O[C@@H]1C=C2[C@H](O)C[C@]3(O)C(CC[C@@]4(C)C3C(O)[C@H](O)[C@@H]4C(C)CC[C@H](CCO[C@@H]3OC[C@@H](O)C(O)C3O)C(C)C)[C@@]2(C)CC1. The number of rotatable bonds is 12. The molecule has 5 fully saturated rings. The van der Waals surface area contributed by atoms with Crippen LogP contribution in [0, 0.1) is 46.3 Å². The fourth-order valence-corrected chi connectivity index (χ4v) is 12.1. The predicted molar refractivity (Wildman–Crippen MR) is 193 cm³/mol. The van der Waals surface area contributed by atoms with Crippen LogP contribution in [0.2, 0.25) is 0 Å². The molecular formula is C40H68O14. The van der Waals surface area contributed by atoms with Crippen molar-refractivity contribution in [1.29, 1.82) is 0 Å². The summed E-state index contributed by atoms with van der Waals surface area (Å²) in [5.41, 5.74) is -1.77. The van der Waals surface area contributed by atoms with Crippen molar-refractivity contribution in [2.75, 3.05) is 26.9 Å². The molecule has 0 amide bonds. The molecule has 0 aromatic heterocycles. The zero-order valence-electron chi connectivity index (χ0n) is 32.8. The van der Waals surface area contributed by atoms with E-state index < -0.39 is 96.0 Å². The second-order valence-electron chi connectivity index (χ2n) is 18.5. The van der Waals surface area contributed by atoms with E-state index in [1.54, 1.807) is 0 Å². The zero-order chi connectivity index (χ0) is 39.5. The van der Waals surface area contributed by atoms with E-state index in [0.717, 1.165) is 18.4 Å². The summed E-state index contributed by atoms with van der Waals surface area (Å²) < 4.78 is 28.5.